The maximum Gasteiger partial charge on any atom is 0.279 e. The van der Waals surface area contributed by atoms with Crippen LogP contribution in [0, 0.1) is 0 Å². The molecule has 1 aliphatic heterocycles. The number of halogens is 2. The standard InChI is InChI=1S/C8H12F2N2OS/c1-14-3-2-12-7(8(9)10)4-6(5-13)11-12/h4-6,8,11H,2-3H2,1H3. The molecule has 1 unspecified atom stereocenters. The predicted octanol–water partition coefficient (Wildman–Crippen LogP) is 0.886. The molecule has 0 amide bonds. The monoisotopic (exact) mass is 222 g/mol. The van der Waals surface area contributed by atoms with E-state index in [9.17, 15) is 13.6 Å². The second-order valence-electron chi connectivity index (χ2n) is 2.83. The maximum atomic E-state index is 12.5. The molecule has 0 saturated carbocycles. The molecule has 1 aliphatic rings. The number of aldehydes is 1. The van der Waals surface area contributed by atoms with Crippen LogP contribution in [0.1, 0.15) is 0 Å². The topological polar surface area (TPSA) is 32.3 Å². The van der Waals surface area contributed by atoms with Crippen LogP contribution in [0.4, 0.5) is 8.78 Å². The molecule has 1 atom stereocenters. The molecule has 0 saturated heterocycles. The smallest absolute Gasteiger partial charge is 0.279 e. The van der Waals surface area contributed by atoms with Crippen LogP contribution >= 0.6 is 11.8 Å². The quantitative estimate of drug-likeness (QED) is 0.700. The van der Waals surface area contributed by atoms with Crippen LogP contribution in [0.2, 0.25) is 0 Å². The average molecular weight is 222 g/mol. The number of thioether (sulfide) groups is 1. The molecule has 0 aliphatic carbocycles. The highest BCUT2D eigenvalue weighted by atomic mass is 32.2. The molecule has 1 rings (SSSR count). The van der Waals surface area contributed by atoms with Crippen LogP contribution < -0.4 is 5.43 Å². The van der Waals surface area contributed by atoms with E-state index >= 15 is 0 Å². The number of carbonyl (C=O) groups excluding carboxylic acids is 1. The Labute approximate surface area is 85.5 Å². The van der Waals surface area contributed by atoms with Crippen molar-refractivity contribution in [2.24, 2.45) is 0 Å². The minimum atomic E-state index is -2.53. The normalized spacial score (nSPS) is 21.6. The van der Waals surface area contributed by atoms with Crippen molar-refractivity contribution >= 4 is 18.0 Å². The molecule has 0 spiro atoms. The van der Waals surface area contributed by atoms with Crippen LogP contribution in [-0.2, 0) is 4.79 Å². The van der Waals surface area contributed by atoms with Gasteiger partial charge in [-0.15, -0.1) is 0 Å². The predicted molar refractivity (Wildman–Crippen MR) is 52.2 cm³/mol. The van der Waals surface area contributed by atoms with Crippen molar-refractivity contribution in [1.82, 2.24) is 10.4 Å². The molecule has 80 valence electrons. The molecule has 0 aromatic heterocycles. The molecule has 0 radical (unpaired) electrons. The van der Waals surface area contributed by atoms with Crippen LogP contribution in [0.25, 0.3) is 0 Å². The number of allylic oxidation sites excluding steroid dienone is 1. The highest BCUT2D eigenvalue weighted by Crippen LogP contribution is 2.18. The van der Waals surface area contributed by atoms with Gasteiger partial charge in [-0.2, -0.15) is 11.8 Å². The Morgan fingerprint density at radius 3 is 3.00 bits per heavy atom. The lowest BCUT2D eigenvalue weighted by Gasteiger charge is -2.22. The Balaban J connectivity index is 2.59. The van der Waals surface area contributed by atoms with Crippen molar-refractivity contribution < 1.29 is 13.6 Å². The summed E-state index contributed by atoms with van der Waals surface area (Å²) in [5.41, 5.74) is 2.59. The molecule has 1 heterocycles. The van der Waals surface area contributed by atoms with E-state index in [1.807, 2.05) is 6.26 Å². The minimum absolute atomic E-state index is 0.101. The Bertz CT molecular complexity index is 235. The third-order valence-electron chi connectivity index (χ3n) is 1.86. The van der Waals surface area contributed by atoms with Gasteiger partial charge in [-0.05, 0) is 12.3 Å². The van der Waals surface area contributed by atoms with E-state index in [0.717, 1.165) is 5.75 Å². The highest BCUT2D eigenvalue weighted by molar-refractivity contribution is 7.98. The fraction of sp³-hybridized carbons (Fsp3) is 0.625. The van der Waals surface area contributed by atoms with E-state index in [1.54, 1.807) is 11.8 Å². The van der Waals surface area contributed by atoms with Gasteiger partial charge in [0.2, 0.25) is 0 Å². The SMILES string of the molecule is CSCCN1NC(C=O)C=C1C(F)F. The Kier molecular flexibility index (Phi) is 4.34. The van der Waals surface area contributed by atoms with Gasteiger partial charge in [0.25, 0.3) is 6.43 Å². The van der Waals surface area contributed by atoms with Gasteiger partial charge in [-0.25, -0.2) is 14.2 Å². The van der Waals surface area contributed by atoms with Crippen molar-refractivity contribution in [3.63, 3.8) is 0 Å². The largest absolute Gasteiger partial charge is 0.305 e. The summed E-state index contributed by atoms with van der Waals surface area (Å²) >= 11 is 1.57. The van der Waals surface area contributed by atoms with E-state index in [4.69, 9.17) is 0 Å². The van der Waals surface area contributed by atoms with Gasteiger partial charge in [0.05, 0.1) is 5.70 Å². The summed E-state index contributed by atoms with van der Waals surface area (Å²) in [5, 5.41) is 1.35. The third-order valence-corrected chi connectivity index (χ3v) is 2.45. The molecule has 0 fully saturated rings. The van der Waals surface area contributed by atoms with Crippen molar-refractivity contribution in [2.45, 2.75) is 12.5 Å². The molecule has 0 aromatic rings. The van der Waals surface area contributed by atoms with Gasteiger partial charge in [-0.3, -0.25) is 0 Å². The number of alkyl halides is 2. The number of carbonyl (C=O) groups is 1. The summed E-state index contributed by atoms with van der Waals surface area (Å²) in [5.74, 6) is 0.739. The second kappa shape index (κ2) is 5.31. The summed E-state index contributed by atoms with van der Waals surface area (Å²) < 4.78 is 24.9. The molecule has 3 nitrogen and oxygen atoms in total. The Hall–Kier alpha value is -0.620. The third kappa shape index (κ3) is 2.68. The first-order valence-corrected chi connectivity index (χ1v) is 5.56. The Morgan fingerprint density at radius 2 is 2.50 bits per heavy atom. The highest BCUT2D eigenvalue weighted by Gasteiger charge is 2.27. The number of nitrogens with one attached hydrogen (secondary N) is 1. The molecular formula is C8H12F2N2OS. The zero-order valence-electron chi connectivity index (χ0n) is 7.74. The summed E-state index contributed by atoms with van der Waals surface area (Å²) in [6.45, 7) is 0.474. The first kappa shape index (κ1) is 11.5. The lowest BCUT2D eigenvalue weighted by molar-refractivity contribution is -0.109. The molecule has 0 bridgehead atoms. The van der Waals surface area contributed by atoms with Gasteiger partial charge in [-0.1, -0.05) is 0 Å². The van der Waals surface area contributed by atoms with Crippen molar-refractivity contribution in [1.29, 1.82) is 0 Å². The number of rotatable bonds is 5. The van der Waals surface area contributed by atoms with Crippen molar-refractivity contribution in [3.05, 3.63) is 11.8 Å². The molecule has 1 N–H and O–H groups in total. The van der Waals surface area contributed by atoms with Gasteiger partial charge in [0.15, 0.2) is 0 Å². The zero-order chi connectivity index (χ0) is 10.6. The van der Waals surface area contributed by atoms with Gasteiger partial charge in [0.1, 0.15) is 12.3 Å². The van der Waals surface area contributed by atoms with E-state index in [1.165, 1.54) is 11.1 Å². The number of hydrazine groups is 1. The summed E-state index contributed by atoms with van der Waals surface area (Å²) in [6, 6.07) is -0.610. The first-order chi connectivity index (χ1) is 6.69. The number of hydrogen-bond acceptors (Lipinski definition) is 4. The Morgan fingerprint density at radius 1 is 1.79 bits per heavy atom. The number of nitrogens with zero attached hydrogens (tertiary/aromatic N) is 1. The van der Waals surface area contributed by atoms with Gasteiger partial charge < -0.3 is 9.80 Å². The first-order valence-electron chi connectivity index (χ1n) is 4.17. The van der Waals surface area contributed by atoms with Crippen LogP contribution in [-0.4, -0.2) is 42.3 Å². The van der Waals surface area contributed by atoms with E-state index in [-0.39, 0.29) is 5.70 Å². The van der Waals surface area contributed by atoms with Crippen molar-refractivity contribution in [3.8, 4) is 0 Å². The van der Waals surface area contributed by atoms with Gasteiger partial charge >= 0.3 is 0 Å². The van der Waals surface area contributed by atoms with E-state index in [0.29, 0.717) is 12.8 Å². The minimum Gasteiger partial charge on any atom is -0.305 e. The maximum absolute atomic E-state index is 12.5. The summed E-state index contributed by atoms with van der Waals surface area (Å²) in [7, 11) is 0. The lowest BCUT2D eigenvalue weighted by Crippen LogP contribution is -2.40. The van der Waals surface area contributed by atoms with E-state index in [2.05, 4.69) is 5.43 Å². The summed E-state index contributed by atoms with van der Waals surface area (Å²) in [6.07, 6.45) is 1.24. The average Bonchev–Trinajstić information content (AvgIpc) is 2.58. The molecule has 14 heavy (non-hydrogen) atoms. The second-order valence-corrected chi connectivity index (χ2v) is 3.81. The van der Waals surface area contributed by atoms with E-state index < -0.39 is 12.5 Å². The zero-order valence-corrected chi connectivity index (χ0v) is 8.56. The van der Waals surface area contributed by atoms with Crippen LogP contribution in [0.5, 0.6) is 0 Å². The van der Waals surface area contributed by atoms with Crippen LogP contribution in [0.3, 0.4) is 0 Å². The van der Waals surface area contributed by atoms with Gasteiger partial charge in [0, 0.05) is 12.3 Å². The van der Waals surface area contributed by atoms with Crippen molar-refractivity contribution in [2.75, 3.05) is 18.6 Å². The van der Waals surface area contributed by atoms with Crippen LogP contribution in [0.15, 0.2) is 11.8 Å². The lowest BCUT2D eigenvalue weighted by atomic mass is 10.3. The molecule has 0 aromatic carbocycles. The fourth-order valence-electron chi connectivity index (χ4n) is 1.20. The number of hydrogen-bond donors (Lipinski definition) is 1. The fourth-order valence-corrected chi connectivity index (χ4v) is 1.57. The molecule has 6 heteroatoms. The summed E-state index contributed by atoms with van der Waals surface area (Å²) in [4.78, 5) is 10.4. The molecular weight excluding hydrogens is 210 g/mol.